The minimum absolute atomic E-state index is 0.438. The van der Waals surface area contributed by atoms with Gasteiger partial charge in [0.1, 0.15) is 6.10 Å². The fraction of sp³-hybridized carbons (Fsp3) is 0.857. The van der Waals surface area contributed by atoms with E-state index in [1.807, 2.05) is 0 Å². The largest absolute Gasteiger partial charge is 0.465 e. The summed E-state index contributed by atoms with van der Waals surface area (Å²) in [5.41, 5.74) is 0. The van der Waals surface area contributed by atoms with Crippen LogP contribution in [0.2, 0.25) is 0 Å². The normalized spacial score (nSPS) is 19.1. The van der Waals surface area contributed by atoms with Crippen LogP contribution in [-0.4, -0.2) is 30.3 Å². The van der Waals surface area contributed by atoms with E-state index in [1.165, 1.54) is 0 Å². The number of ether oxygens (including phenoxy) is 1. The molecule has 0 radical (unpaired) electrons. The van der Waals surface area contributed by atoms with Crippen LogP contribution in [0.3, 0.4) is 0 Å². The fourth-order valence-corrected chi connectivity index (χ4v) is 1.59. The van der Waals surface area contributed by atoms with Gasteiger partial charge in [0, 0.05) is 0 Å². The number of carbonyl (C=O) groups is 1. The van der Waals surface area contributed by atoms with Gasteiger partial charge in [-0.25, -0.2) is 4.79 Å². The van der Waals surface area contributed by atoms with Crippen LogP contribution >= 0.6 is 0 Å². The molecule has 0 aromatic carbocycles. The summed E-state index contributed by atoms with van der Waals surface area (Å²) in [7, 11) is -5.75. The van der Waals surface area contributed by atoms with Gasteiger partial charge in [0.2, 0.25) is 0 Å². The molecule has 88 valence electrons. The summed E-state index contributed by atoms with van der Waals surface area (Å²) < 4.78 is 58.1. The van der Waals surface area contributed by atoms with Crippen molar-refractivity contribution < 1.29 is 31.3 Å². The summed E-state index contributed by atoms with van der Waals surface area (Å²) >= 11 is 0. The second-order valence-electron chi connectivity index (χ2n) is 3.30. The number of carbonyl (C=O) groups excluding carboxylic acids is 1. The SMILES string of the molecule is O=C(OC1CCCC1)C(F)(F)S(=O)(=O)O. The highest BCUT2D eigenvalue weighted by Crippen LogP contribution is 2.27. The Morgan fingerprint density at radius 2 is 1.80 bits per heavy atom. The molecule has 0 bridgehead atoms. The Morgan fingerprint density at radius 1 is 1.33 bits per heavy atom. The lowest BCUT2D eigenvalue weighted by molar-refractivity contribution is -0.166. The number of esters is 1. The predicted molar refractivity (Wildman–Crippen MR) is 44.8 cm³/mol. The first-order chi connectivity index (χ1) is 6.75. The van der Waals surface area contributed by atoms with Gasteiger partial charge in [-0.3, -0.25) is 4.55 Å². The number of alkyl halides is 2. The molecule has 5 nitrogen and oxygen atoms in total. The van der Waals surface area contributed by atoms with E-state index in [0.29, 0.717) is 12.8 Å². The van der Waals surface area contributed by atoms with Gasteiger partial charge in [-0.05, 0) is 25.7 Å². The quantitative estimate of drug-likeness (QED) is 0.590. The maximum atomic E-state index is 12.7. The van der Waals surface area contributed by atoms with Crippen molar-refractivity contribution in [2.24, 2.45) is 0 Å². The Hall–Kier alpha value is -0.760. The van der Waals surface area contributed by atoms with Gasteiger partial charge in [0.25, 0.3) is 0 Å². The standard InChI is InChI=1S/C7H10F2O5S/c8-7(9,15(11,12)13)6(10)14-5-3-1-2-4-5/h5H,1-4H2,(H,11,12,13). The Balaban J connectivity index is 2.67. The topological polar surface area (TPSA) is 80.7 Å². The van der Waals surface area contributed by atoms with E-state index < -0.39 is 27.4 Å². The van der Waals surface area contributed by atoms with Crippen LogP contribution in [0.4, 0.5) is 8.78 Å². The zero-order valence-corrected chi connectivity index (χ0v) is 8.47. The van der Waals surface area contributed by atoms with Crippen LogP contribution in [0.1, 0.15) is 25.7 Å². The van der Waals surface area contributed by atoms with E-state index in [-0.39, 0.29) is 0 Å². The van der Waals surface area contributed by atoms with Crippen LogP contribution in [0, 0.1) is 0 Å². The smallest absolute Gasteiger partial charge is 0.457 e. The third-order valence-corrected chi connectivity index (χ3v) is 2.95. The Bertz CT molecular complexity index is 344. The van der Waals surface area contributed by atoms with Gasteiger partial charge in [0.15, 0.2) is 0 Å². The predicted octanol–water partition coefficient (Wildman–Crippen LogP) is 0.953. The zero-order chi connectivity index (χ0) is 11.7. The Morgan fingerprint density at radius 3 is 2.20 bits per heavy atom. The van der Waals surface area contributed by atoms with Crippen LogP contribution in [-0.2, 0) is 19.6 Å². The van der Waals surface area contributed by atoms with Crippen LogP contribution < -0.4 is 0 Å². The molecule has 1 saturated carbocycles. The molecule has 1 aliphatic rings. The van der Waals surface area contributed by atoms with Gasteiger partial charge in [-0.15, -0.1) is 0 Å². The molecule has 0 aromatic heterocycles. The second-order valence-corrected chi connectivity index (χ2v) is 4.77. The molecular formula is C7H10F2O5S. The molecule has 15 heavy (non-hydrogen) atoms. The summed E-state index contributed by atoms with van der Waals surface area (Å²) in [6.07, 6.45) is 1.69. The second kappa shape index (κ2) is 4.01. The molecule has 1 rings (SSSR count). The van der Waals surface area contributed by atoms with Crippen molar-refractivity contribution in [1.82, 2.24) is 0 Å². The average molecular weight is 244 g/mol. The van der Waals surface area contributed by atoms with Crippen molar-refractivity contribution in [2.75, 3.05) is 0 Å². The maximum absolute atomic E-state index is 12.7. The van der Waals surface area contributed by atoms with Crippen LogP contribution in [0.15, 0.2) is 0 Å². The van der Waals surface area contributed by atoms with Crippen molar-refractivity contribution in [3.8, 4) is 0 Å². The van der Waals surface area contributed by atoms with E-state index in [9.17, 15) is 22.0 Å². The van der Waals surface area contributed by atoms with Crippen LogP contribution in [0.5, 0.6) is 0 Å². The zero-order valence-electron chi connectivity index (χ0n) is 7.65. The highest BCUT2D eigenvalue weighted by molar-refractivity contribution is 7.87. The lowest BCUT2D eigenvalue weighted by Gasteiger charge is -2.15. The molecule has 8 heteroatoms. The lowest BCUT2D eigenvalue weighted by atomic mass is 10.3. The van der Waals surface area contributed by atoms with E-state index in [0.717, 1.165) is 12.8 Å². The van der Waals surface area contributed by atoms with E-state index >= 15 is 0 Å². The maximum Gasteiger partial charge on any atom is 0.465 e. The highest BCUT2D eigenvalue weighted by atomic mass is 32.2. The highest BCUT2D eigenvalue weighted by Gasteiger charge is 2.54. The summed E-state index contributed by atoms with van der Waals surface area (Å²) in [4.78, 5) is 10.8. The Kier molecular flexibility index (Phi) is 3.29. The summed E-state index contributed by atoms with van der Waals surface area (Å²) in [5, 5.41) is -4.88. The number of hydrogen-bond donors (Lipinski definition) is 1. The summed E-state index contributed by atoms with van der Waals surface area (Å²) in [6.45, 7) is 0. The van der Waals surface area contributed by atoms with Crippen molar-refractivity contribution >= 4 is 16.1 Å². The van der Waals surface area contributed by atoms with Crippen molar-refractivity contribution in [1.29, 1.82) is 0 Å². The lowest BCUT2D eigenvalue weighted by Crippen LogP contribution is -2.40. The Labute approximate surface area is 85.2 Å². The van der Waals surface area contributed by atoms with Gasteiger partial charge in [-0.2, -0.15) is 17.2 Å². The van der Waals surface area contributed by atoms with Crippen molar-refractivity contribution in [2.45, 2.75) is 37.0 Å². The molecule has 0 atom stereocenters. The molecule has 0 spiro atoms. The number of hydrogen-bond acceptors (Lipinski definition) is 4. The van der Waals surface area contributed by atoms with Gasteiger partial charge >= 0.3 is 21.3 Å². The van der Waals surface area contributed by atoms with Gasteiger partial charge < -0.3 is 4.74 Å². The molecule has 1 fully saturated rings. The molecule has 0 aliphatic heterocycles. The van der Waals surface area contributed by atoms with Crippen molar-refractivity contribution in [3.05, 3.63) is 0 Å². The van der Waals surface area contributed by atoms with E-state index in [1.54, 1.807) is 0 Å². The minimum atomic E-state index is -5.75. The van der Waals surface area contributed by atoms with Gasteiger partial charge in [-0.1, -0.05) is 0 Å². The van der Waals surface area contributed by atoms with E-state index in [2.05, 4.69) is 4.74 Å². The summed E-state index contributed by atoms with van der Waals surface area (Å²) in [6, 6.07) is 0. The van der Waals surface area contributed by atoms with Gasteiger partial charge in [0.05, 0.1) is 0 Å². The van der Waals surface area contributed by atoms with Crippen molar-refractivity contribution in [3.63, 3.8) is 0 Å². The minimum Gasteiger partial charge on any atom is -0.457 e. The third kappa shape index (κ3) is 2.63. The first-order valence-corrected chi connectivity index (χ1v) is 5.75. The monoisotopic (exact) mass is 244 g/mol. The first-order valence-electron chi connectivity index (χ1n) is 4.31. The average Bonchev–Trinajstić information content (AvgIpc) is 2.54. The molecular weight excluding hydrogens is 234 g/mol. The molecule has 1 aliphatic carbocycles. The van der Waals surface area contributed by atoms with E-state index in [4.69, 9.17) is 4.55 Å². The van der Waals surface area contributed by atoms with Crippen LogP contribution in [0.25, 0.3) is 0 Å². The molecule has 0 aromatic rings. The fourth-order valence-electron chi connectivity index (χ4n) is 1.33. The molecule has 0 saturated heterocycles. The first kappa shape index (κ1) is 12.3. The number of halogens is 2. The summed E-state index contributed by atoms with van der Waals surface area (Å²) in [5.74, 6) is -2.21. The third-order valence-electron chi connectivity index (χ3n) is 2.14. The molecule has 0 amide bonds. The molecule has 0 heterocycles. The number of rotatable bonds is 3. The molecule has 0 unspecified atom stereocenters. The molecule has 1 N–H and O–H groups in total.